The monoisotopic (exact) mass is 414 g/mol. The highest BCUT2D eigenvalue weighted by atomic mass is 16.1. The first-order valence-corrected chi connectivity index (χ1v) is 10.8. The second-order valence-electron chi connectivity index (χ2n) is 8.40. The molecule has 0 amide bonds. The lowest BCUT2D eigenvalue weighted by Gasteiger charge is -2.37. The molecule has 1 N–H and O–H groups in total. The first-order valence-electron chi connectivity index (χ1n) is 10.8. The fourth-order valence-corrected chi connectivity index (χ4v) is 4.67. The summed E-state index contributed by atoms with van der Waals surface area (Å²) in [5.74, 6) is 0.969. The molecule has 7 heteroatoms. The van der Waals surface area contributed by atoms with E-state index in [-0.39, 0.29) is 0 Å². The lowest BCUT2D eigenvalue weighted by molar-refractivity contribution is 0.112. The number of anilines is 2. The summed E-state index contributed by atoms with van der Waals surface area (Å²) in [5, 5.41) is 13.8. The van der Waals surface area contributed by atoms with Crippen molar-refractivity contribution in [2.45, 2.75) is 24.9 Å². The highest BCUT2D eigenvalue weighted by Crippen LogP contribution is 2.36. The zero-order valence-corrected chi connectivity index (χ0v) is 17.7. The summed E-state index contributed by atoms with van der Waals surface area (Å²) >= 11 is 0. The lowest BCUT2D eigenvalue weighted by Crippen LogP contribution is -2.46. The van der Waals surface area contributed by atoms with Crippen molar-refractivity contribution in [3.63, 3.8) is 0 Å². The van der Waals surface area contributed by atoms with Crippen molar-refractivity contribution < 1.29 is 4.79 Å². The average Bonchev–Trinajstić information content (AvgIpc) is 3.16. The zero-order valence-electron chi connectivity index (χ0n) is 17.7. The van der Waals surface area contributed by atoms with Gasteiger partial charge in [0.1, 0.15) is 23.8 Å². The Balaban J connectivity index is 1.35. The number of piperazine rings is 1. The van der Waals surface area contributed by atoms with Gasteiger partial charge < -0.3 is 19.7 Å². The Morgan fingerprint density at radius 3 is 2.42 bits per heavy atom. The molecule has 5 rings (SSSR count). The van der Waals surface area contributed by atoms with Crippen molar-refractivity contribution in [1.29, 1.82) is 5.26 Å². The SMILES string of the molecule is CNC1CC(n2cc(C#N)c3ccc(N4CCN(c5ccc(C=O)cc5)CC4)nc32)C1. The number of aromatic nitrogens is 2. The maximum Gasteiger partial charge on any atom is 0.150 e. The Labute approximate surface area is 181 Å². The summed E-state index contributed by atoms with van der Waals surface area (Å²) in [5.41, 5.74) is 3.46. The van der Waals surface area contributed by atoms with Gasteiger partial charge in [-0.15, -0.1) is 0 Å². The Morgan fingerprint density at radius 2 is 1.77 bits per heavy atom. The van der Waals surface area contributed by atoms with Gasteiger partial charge >= 0.3 is 0 Å². The van der Waals surface area contributed by atoms with E-state index in [1.54, 1.807) is 0 Å². The molecule has 1 aliphatic carbocycles. The molecular weight excluding hydrogens is 388 g/mol. The van der Waals surface area contributed by atoms with Crippen LogP contribution in [0.1, 0.15) is 34.8 Å². The molecule has 0 unspecified atom stereocenters. The Morgan fingerprint density at radius 1 is 1.06 bits per heavy atom. The van der Waals surface area contributed by atoms with E-state index in [1.165, 1.54) is 0 Å². The van der Waals surface area contributed by atoms with Gasteiger partial charge in [-0.05, 0) is 56.3 Å². The molecule has 2 aliphatic rings. The van der Waals surface area contributed by atoms with Gasteiger partial charge in [-0.1, -0.05) is 0 Å². The van der Waals surface area contributed by atoms with Crippen molar-refractivity contribution >= 4 is 28.8 Å². The molecule has 3 aromatic rings. The number of carbonyl (C=O) groups excluding carboxylic acids is 1. The average molecular weight is 415 g/mol. The third-order valence-electron chi connectivity index (χ3n) is 6.70. The van der Waals surface area contributed by atoms with Gasteiger partial charge in [0.2, 0.25) is 0 Å². The fourth-order valence-electron chi connectivity index (χ4n) is 4.67. The lowest BCUT2D eigenvalue weighted by atomic mass is 9.87. The van der Waals surface area contributed by atoms with E-state index >= 15 is 0 Å². The van der Waals surface area contributed by atoms with Crippen LogP contribution >= 0.6 is 0 Å². The molecule has 1 aromatic carbocycles. The number of rotatable bonds is 5. The van der Waals surface area contributed by atoms with Crippen molar-refractivity contribution in [2.75, 3.05) is 43.0 Å². The zero-order chi connectivity index (χ0) is 21.4. The van der Waals surface area contributed by atoms with E-state index < -0.39 is 0 Å². The molecule has 0 radical (unpaired) electrons. The van der Waals surface area contributed by atoms with E-state index in [9.17, 15) is 10.1 Å². The van der Waals surface area contributed by atoms with Crippen molar-refractivity contribution in [3.8, 4) is 6.07 Å². The van der Waals surface area contributed by atoms with Crippen LogP contribution in [-0.4, -0.2) is 55.1 Å². The largest absolute Gasteiger partial charge is 0.368 e. The highest BCUT2D eigenvalue weighted by Gasteiger charge is 2.31. The van der Waals surface area contributed by atoms with Gasteiger partial charge in [0, 0.05) is 61.1 Å². The normalized spacial score (nSPS) is 21.0. The van der Waals surface area contributed by atoms with Gasteiger partial charge in [-0.2, -0.15) is 5.26 Å². The molecule has 0 spiro atoms. The number of nitrogens with one attached hydrogen (secondary N) is 1. The number of benzene rings is 1. The Bertz CT molecular complexity index is 1130. The molecule has 3 heterocycles. The number of aldehydes is 1. The summed E-state index contributed by atoms with van der Waals surface area (Å²) in [4.78, 5) is 20.5. The van der Waals surface area contributed by atoms with Crippen molar-refractivity contribution in [1.82, 2.24) is 14.9 Å². The van der Waals surface area contributed by atoms with Crippen LogP contribution in [0.3, 0.4) is 0 Å². The van der Waals surface area contributed by atoms with Gasteiger partial charge in [0.15, 0.2) is 0 Å². The summed E-state index contributed by atoms with van der Waals surface area (Å²) in [6, 6.07) is 15.1. The molecule has 0 atom stereocenters. The Hall–Kier alpha value is -3.37. The van der Waals surface area contributed by atoms with Crippen LogP contribution in [0.4, 0.5) is 11.5 Å². The molecule has 31 heavy (non-hydrogen) atoms. The van der Waals surface area contributed by atoms with E-state index in [2.05, 4.69) is 25.8 Å². The fraction of sp³-hybridized carbons (Fsp3) is 0.375. The quantitative estimate of drug-likeness (QED) is 0.647. The summed E-state index contributed by atoms with van der Waals surface area (Å²) in [6.45, 7) is 3.56. The summed E-state index contributed by atoms with van der Waals surface area (Å²) in [6.07, 6.45) is 4.98. The number of carbonyl (C=O) groups is 1. The second kappa shape index (κ2) is 8.05. The molecule has 2 aromatic heterocycles. The van der Waals surface area contributed by atoms with Crippen LogP contribution in [0.25, 0.3) is 11.0 Å². The predicted octanol–water partition coefficient (Wildman–Crippen LogP) is 2.97. The van der Waals surface area contributed by atoms with E-state index in [4.69, 9.17) is 4.98 Å². The summed E-state index contributed by atoms with van der Waals surface area (Å²) in [7, 11) is 2.00. The maximum absolute atomic E-state index is 10.9. The standard InChI is InChI=1S/C24H26N6O/c1-26-19-12-21(13-19)30-15-18(14-25)22-6-7-23(27-24(22)30)29-10-8-28(9-11-29)20-4-2-17(16-31)3-5-20/h2-7,15-16,19,21,26H,8-13H2,1H3. The molecule has 7 nitrogen and oxygen atoms in total. The van der Waals surface area contributed by atoms with Crippen LogP contribution < -0.4 is 15.1 Å². The predicted molar refractivity (Wildman–Crippen MR) is 122 cm³/mol. The minimum atomic E-state index is 0.399. The minimum Gasteiger partial charge on any atom is -0.368 e. The first kappa shape index (κ1) is 19.6. The van der Waals surface area contributed by atoms with Crippen molar-refractivity contribution in [2.24, 2.45) is 0 Å². The first-order chi connectivity index (χ1) is 15.2. The molecule has 0 bridgehead atoms. The van der Waals surface area contributed by atoms with Crippen molar-refractivity contribution in [3.05, 3.63) is 53.7 Å². The Kier molecular flexibility index (Phi) is 5.08. The number of fused-ring (bicyclic) bond motifs is 1. The molecule has 1 saturated heterocycles. The number of hydrogen-bond donors (Lipinski definition) is 1. The van der Waals surface area contributed by atoms with E-state index in [1.807, 2.05) is 49.6 Å². The van der Waals surface area contributed by atoms with Gasteiger partial charge in [0.05, 0.1) is 5.56 Å². The number of pyridine rings is 1. The topological polar surface area (TPSA) is 77.2 Å². The summed E-state index contributed by atoms with van der Waals surface area (Å²) < 4.78 is 2.20. The van der Waals surface area contributed by atoms with Crippen LogP contribution in [0, 0.1) is 11.3 Å². The minimum absolute atomic E-state index is 0.399. The molecule has 1 saturated carbocycles. The number of nitrogens with zero attached hydrogens (tertiary/aromatic N) is 5. The van der Waals surface area contributed by atoms with Gasteiger partial charge in [-0.3, -0.25) is 4.79 Å². The highest BCUT2D eigenvalue weighted by molar-refractivity contribution is 5.85. The number of nitriles is 1. The van der Waals surface area contributed by atoms with E-state index in [0.29, 0.717) is 23.2 Å². The van der Waals surface area contributed by atoms with Crippen LogP contribution in [-0.2, 0) is 0 Å². The molecule has 1 aliphatic heterocycles. The molecule has 2 fully saturated rings. The smallest absolute Gasteiger partial charge is 0.150 e. The van der Waals surface area contributed by atoms with E-state index in [0.717, 1.165) is 67.8 Å². The van der Waals surface area contributed by atoms with Crippen LogP contribution in [0.5, 0.6) is 0 Å². The van der Waals surface area contributed by atoms with Crippen LogP contribution in [0.15, 0.2) is 42.6 Å². The third kappa shape index (κ3) is 3.53. The van der Waals surface area contributed by atoms with Gasteiger partial charge in [-0.25, -0.2) is 4.98 Å². The maximum atomic E-state index is 10.9. The van der Waals surface area contributed by atoms with Gasteiger partial charge in [0.25, 0.3) is 0 Å². The van der Waals surface area contributed by atoms with Crippen LogP contribution in [0.2, 0.25) is 0 Å². The third-order valence-corrected chi connectivity index (χ3v) is 6.70. The number of hydrogen-bond acceptors (Lipinski definition) is 6. The molecular formula is C24H26N6O. The second-order valence-corrected chi connectivity index (χ2v) is 8.40. The molecule has 158 valence electrons.